The SMILES string of the molecule is Cn1c(Nc2nc3ccc(C(F)(F)F)cc3s2)nc2cc(C(=O)OCCCCC(N)=O)ccc21. The zero-order valence-electron chi connectivity index (χ0n) is 18.0. The van der Waals surface area contributed by atoms with Crippen LogP contribution < -0.4 is 11.1 Å². The third-order valence-corrected chi connectivity index (χ3v) is 6.04. The van der Waals surface area contributed by atoms with Gasteiger partial charge < -0.3 is 20.4 Å². The van der Waals surface area contributed by atoms with Crippen molar-refractivity contribution in [1.29, 1.82) is 0 Å². The molecule has 8 nitrogen and oxygen atoms in total. The molecule has 0 radical (unpaired) electrons. The van der Waals surface area contributed by atoms with Gasteiger partial charge in [-0.15, -0.1) is 0 Å². The number of hydrogen-bond donors (Lipinski definition) is 2. The van der Waals surface area contributed by atoms with Crippen LogP contribution in [0.25, 0.3) is 21.3 Å². The van der Waals surface area contributed by atoms with Gasteiger partial charge in [0, 0.05) is 13.5 Å². The summed E-state index contributed by atoms with van der Waals surface area (Å²) in [6.45, 7) is 0.173. The lowest BCUT2D eigenvalue weighted by atomic mass is 10.2. The minimum Gasteiger partial charge on any atom is -0.462 e. The van der Waals surface area contributed by atoms with Gasteiger partial charge in [-0.05, 0) is 49.2 Å². The Hall–Kier alpha value is -3.67. The van der Waals surface area contributed by atoms with Gasteiger partial charge in [-0.3, -0.25) is 4.79 Å². The summed E-state index contributed by atoms with van der Waals surface area (Å²) in [4.78, 5) is 31.9. The smallest absolute Gasteiger partial charge is 0.416 e. The van der Waals surface area contributed by atoms with Crippen molar-refractivity contribution in [2.24, 2.45) is 12.8 Å². The molecular weight excluding hydrogens is 471 g/mol. The number of anilines is 2. The number of ether oxygens (including phenoxy) is 1. The molecule has 0 unspecified atom stereocenters. The lowest BCUT2D eigenvalue weighted by Gasteiger charge is -2.05. The average molecular weight is 491 g/mol. The fourth-order valence-corrected chi connectivity index (χ4v) is 4.24. The number of esters is 1. The van der Waals surface area contributed by atoms with Crippen molar-refractivity contribution < 1.29 is 27.5 Å². The van der Waals surface area contributed by atoms with Crippen molar-refractivity contribution in [1.82, 2.24) is 14.5 Å². The van der Waals surface area contributed by atoms with E-state index in [-0.39, 0.29) is 13.0 Å². The van der Waals surface area contributed by atoms with Crippen LogP contribution >= 0.6 is 11.3 Å². The van der Waals surface area contributed by atoms with E-state index >= 15 is 0 Å². The Morgan fingerprint density at radius 1 is 1.12 bits per heavy atom. The molecule has 0 saturated heterocycles. The van der Waals surface area contributed by atoms with Gasteiger partial charge in [-0.1, -0.05) is 11.3 Å². The van der Waals surface area contributed by atoms with Crippen molar-refractivity contribution in [2.45, 2.75) is 25.4 Å². The number of fused-ring (bicyclic) bond motifs is 2. The van der Waals surface area contributed by atoms with Gasteiger partial charge in [-0.25, -0.2) is 14.8 Å². The Bertz CT molecular complexity index is 1380. The number of imidazole rings is 1. The Balaban J connectivity index is 1.49. The molecule has 0 saturated carbocycles. The Labute approximate surface area is 195 Å². The van der Waals surface area contributed by atoms with Crippen LogP contribution in [0.15, 0.2) is 36.4 Å². The first kappa shape index (κ1) is 23.5. The fraction of sp³-hybridized carbons (Fsp3) is 0.273. The maximum Gasteiger partial charge on any atom is 0.416 e. The van der Waals surface area contributed by atoms with Gasteiger partial charge in [0.25, 0.3) is 0 Å². The van der Waals surface area contributed by atoms with Gasteiger partial charge in [0.15, 0.2) is 5.13 Å². The van der Waals surface area contributed by atoms with Gasteiger partial charge in [0.05, 0.1) is 39.0 Å². The molecule has 34 heavy (non-hydrogen) atoms. The van der Waals surface area contributed by atoms with Crippen LogP contribution in [0.4, 0.5) is 24.3 Å². The van der Waals surface area contributed by atoms with E-state index in [1.165, 1.54) is 6.07 Å². The summed E-state index contributed by atoms with van der Waals surface area (Å²) in [6, 6.07) is 8.35. The molecule has 0 atom stereocenters. The number of benzene rings is 2. The summed E-state index contributed by atoms with van der Waals surface area (Å²) in [7, 11) is 1.77. The first-order valence-electron chi connectivity index (χ1n) is 10.3. The number of nitrogens with zero attached hydrogens (tertiary/aromatic N) is 3. The quantitative estimate of drug-likeness (QED) is 0.272. The normalized spacial score (nSPS) is 11.8. The Morgan fingerprint density at radius 3 is 2.65 bits per heavy atom. The highest BCUT2D eigenvalue weighted by Crippen LogP contribution is 2.35. The second-order valence-electron chi connectivity index (χ2n) is 7.58. The third-order valence-electron chi connectivity index (χ3n) is 5.10. The fourth-order valence-electron chi connectivity index (χ4n) is 3.34. The number of amides is 1. The molecule has 2 heterocycles. The van der Waals surface area contributed by atoms with E-state index in [9.17, 15) is 22.8 Å². The topological polar surface area (TPSA) is 112 Å². The minimum atomic E-state index is -4.43. The number of halogens is 3. The summed E-state index contributed by atoms with van der Waals surface area (Å²) in [5.74, 6) is -0.483. The molecule has 0 bridgehead atoms. The zero-order valence-corrected chi connectivity index (χ0v) is 18.8. The number of nitrogens with two attached hydrogens (primary N) is 1. The first-order chi connectivity index (χ1) is 16.1. The van der Waals surface area contributed by atoms with E-state index < -0.39 is 23.6 Å². The Kier molecular flexibility index (Phi) is 6.42. The highest BCUT2D eigenvalue weighted by molar-refractivity contribution is 7.22. The van der Waals surface area contributed by atoms with E-state index in [1.807, 2.05) is 0 Å². The Morgan fingerprint density at radius 2 is 1.91 bits per heavy atom. The van der Waals surface area contributed by atoms with Gasteiger partial charge in [-0.2, -0.15) is 13.2 Å². The maximum absolute atomic E-state index is 13.0. The van der Waals surface area contributed by atoms with Crippen LogP contribution in [0, 0.1) is 0 Å². The highest BCUT2D eigenvalue weighted by atomic mass is 32.1. The highest BCUT2D eigenvalue weighted by Gasteiger charge is 2.30. The number of alkyl halides is 3. The van der Waals surface area contributed by atoms with Crippen LogP contribution in [-0.4, -0.2) is 33.0 Å². The van der Waals surface area contributed by atoms with E-state index in [4.69, 9.17) is 10.5 Å². The molecule has 2 aromatic heterocycles. The minimum absolute atomic E-state index is 0.173. The maximum atomic E-state index is 13.0. The van der Waals surface area contributed by atoms with Gasteiger partial charge in [0.2, 0.25) is 11.9 Å². The van der Waals surface area contributed by atoms with Crippen LogP contribution in [0.1, 0.15) is 35.2 Å². The molecule has 12 heteroatoms. The van der Waals surface area contributed by atoms with Crippen molar-refractivity contribution in [2.75, 3.05) is 11.9 Å². The zero-order chi connectivity index (χ0) is 24.5. The monoisotopic (exact) mass is 491 g/mol. The predicted octanol–water partition coefficient (Wildman–Crippen LogP) is 4.76. The molecule has 4 rings (SSSR count). The number of carbonyl (C=O) groups is 2. The lowest BCUT2D eigenvalue weighted by molar-refractivity contribution is -0.137. The second kappa shape index (κ2) is 9.29. The molecular formula is C22H20F3N5O3S. The number of hydrogen-bond acceptors (Lipinski definition) is 7. The van der Waals surface area contributed by atoms with E-state index in [2.05, 4.69) is 15.3 Å². The number of aryl methyl sites for hydroxylation is 1. The van der Waals surface area contributed by atoms with Gasteiger partial charge >= 0.3 is 12.1 Å². The lowest BCUT2D eigenvalue weighted by Crippen LogP contribution is -2.11. The van der Waals surface area contributed by atoms with Crippen molar-refractivity contribution in [3.63, 3.8) is 0 Å². The van der Waals surface area contributed by atoms with Crippen LogP contribution in [-0.2, 0) is 22.8 Å². The number of carbonyl (C=O) groups excluding carboxylic acids is 2. The summed E-state index contributed by atoms with van der Waals surface area (Å²) >= 11 is 1.09. The molecule has 0 fully saturated rings. The molecule has 2 aromatic carbocycles. The van der Waals surface area contributed by atoms with Crippen LogP contribution in [0.2, 0.25) is 0 Å². The number of primary amides is 1. The number of aromatic nitrogens is 3. The largest absolute Gasteiger partial charge is 0.462 e. The van der Waals surface area contributed by atoms with Crippen LogP contribution in [0.3, 0.4) is 0 Å². The number of thiazole rings is 1. The number of rotatable bonds is 8. The first-order valence-corrected chi connectivity index (χ1v) is 11.1. The van der Waals surface area contributed by atoms with E-state index in [0.29, 0.717) is 45.2 Å². The van der Waals surface area contributed by atoms with E-state index in [0.717, 1.165) is 29.0 Å². The molecule has 0 aliphatic heterocycles. The van der Waals surface area contributed by atoms with Gasteiger partial charge in [0.1, 0.15) is 0 Å². The summed E-state index contributed by atoms with van der Waals surface area (Å²) in [5.41, 5.74) is 6.39. The molecule has 3 N–H and O–H groups in total. The number of unbranched alkanes of at least 4 members (excludes halogenated alkanes) is 1. The molecule has 0 aliphatic carbocycles. The summed E-state index contributed by atoms with van der Waals surface area (Å²) < 4.78 is 46.3. The molecule has 1 amide bonds. The summed E-state index contributed by atoms with van der Waals surface area (Å²) in [6.07, 6.45) is -3.11. The molecule has 178 valence electrons. The van der Waals surface area contributed by atoms with Crippen LogP contribution in [0.5, 0.6) is 0 Å². The van der Waals surface area contributed by atoms with Crippen molar-refractivity contribution >= 4 is 55.5 Å². The standard InChI is InChI=1S/C22H20F3N5O3S/c1-30-16-8-5-12(19(32)33-9-3-2-4-18(26)31)10-15(16)27-20(30)29-21-28-14-7-6-13(22(23,24)25)11-17(14)34-21/h5-8,10-11H,2-4,9H2,1H3,(H2,26,31)(H,27,28,29). The van der Waals surface area contributed by atoms with Crippen molar-refractivity contribution in [3.05, 3.63) is 47.5 Å². The van der Waals surface area contributed by atoms with E-state index in [1.54, 1.807) is 29.8 Å². The second-order valence-corrected chi connectivity index (χ2v) is 8.61. The average Bonchev–Trinajstić information content (AvgIpc) is 3.32. The predicted molar refractivity (Wildman–Crippen MR) is 122 cm³/mol. The number of nitrogens with one attached hydrogen (secondary N) is 1. The summed E-state index contributed by atoms with van der Waals surface area (Å²) in [5, 5.41) is 3.43. The molecule has 0 spiro atoms. The molecule has 4 aromatic rings. The molecule has 0 aliphatic rings. The third kappa shape index (κ3) is 5.11. The van der Waals surface area contributed by atoms with Crippen molar-refractivity contribution in [3.8, 4) is 0 Å².